The number of anilines is 1. The number of nitrogens with two attached hydrogens (primary N) is 2. The van der Waals surface area contributed by atoms with Crippen molar-refractivity contribution >= 4 is 23.4 Å². The Morgan fingerprint density at radius 1 is 0.875 bits per heavy atom. The Balaban J connectivity index is 0.000000336. The lowest BCUT2D eigenvalue weighted by atomic mass is 9.84. The fourth-order valence-corrected chi connectivity index (χ4v) is 5.07. The van der Waals surface area contributed by atoms with Crippen molar-refractivity contribution in [2.75, 3.05) is 44.2 Å². The molecule has 2 aromatic carbocycles. The highest BCUT2D eigenvalue weighted by Crippen LogP contribution is 2.27. The second kappa shape index (κ2) is 16.4. The summed E-state index contributed by atoms with van der Waals surface area (Å²) in [5, 5.41) is 3.04. The van der Waals surface area contributed by atoms with Crippen LogP contribution in [0.3, 0.4) is 0 Å². The molecule has 3 amide bonds. The van der Waals surface area contributed by atoms with Crippen molar-refractivity contribution in [2.45, 2.75) is 51.0 Å². The molecule has 9 nitrogen and oxygen atoms in total. The maximum absolute atomic E-state index is 13.4. The second-order valence-corrected chi connectivity index (χ2v) is 10.4. The van der Waals surface area contributed by atoms with Gasteiger partial charge in [-0.05, 0) is 74.9 Å². The van der Waals surface area contributed by atoms with E-state index in [0.717, 1.165) is 70.0 Å². The highest BCUT2D eigenvalue weighted by atomic mass is 19.1. The predicted octanol–water partition coefficient (Wildman–Crippen LogP) is 2.83. The Hall–Kier alpha value is -3.66. The number of amides is 3. The van der Waals surface area contributed by atoms with Crippen molar-refractivity contribution in [3.05, 3.63) is 60.4 Å². The first kappa shape index (κ1) is 30.9. The van der Waals surface area contributed by atoms with Crippen molar-refractivity contribution < 1.29 is 23.5 Å². The topological polar surface area (TPSA) is 131 Å². The molecule has 5 N–H and O–H groups in total. The molecule has 2 fully saturated rings. The zero-order valence-corrected chi connectivity index (χ0v) is 23.1. The molecular weight excluding hydrogens is 513 g/mol. The molecule has 0 unspecified atom stereocenters. The van der Waals surface area contributed by atoms with Crippen LogP contribution >= 0.6 is 0 Å². The third-order valence-corrected chi connectivity index (χ3v) is 7.33. The van der Waals surface area contributed by atoms with Crippen LogP contribution in [-0.4, -0.2) is 68.0 Å². The largest absolute Gasteiger partial charge is 0.484 e. The van der Waals surface area contributed by atoms with Gasteiger partial charge in [-0.1, -0.05) is 24.3 Å². The molecule has 0 spiro atoms. The molecule has 0 radical (unpaired) electrons. The van der Waals surface area contributed by atoms with E-state index in [9.17, 15) is 18.8 Å². The zero-order chi connectivity index (χ0) is 28.7. The van der Waals surface area contributed by atoms with Gasteiger partial charge in [-0.3, -0.25) is 19.3 Å². The third kappa shape index (κ3) is 11.6. The summed E-state index contributed by atoms with van der Waals surface area (Å²) in [5.74, 6) is 0.240. The van der Waals surface area contributed by atoms with Crippen molar-refractivity contribution in [1.29, 1.82) is 0 Å². The van der Waals surface area contributed by atoms with E-state index in [-0.39, 0.29) is 37.2 Å². The standard InChI is InChI=1S/C22H33FN4O2.C8H9NO2/c23-18-2-1-3-20(16-18)27-14-12-26(13-15-27)11-10-17-4-6-19(7-5-17)25-22(29)9-8-21(24)28;9-8(10)6-11-7-4-2-1-3-5-7/h1-3,16-17,19H,4-15H2,(H2,24,28)(H,25,29);1-5H,6H2,(H2,9,10). The first-order valence-electron chi connectivity index (χ1n) is 14.0. The van der Waals surface area contributed by atoms with Gasteiger partial charge in [0.1, 0.15) is 11.6 Å². The molecule has 4 rings (SSSR count). The summed E-state index contributed by atoms with van der Waals surface area (Å²) < 4.78 is 18.4. The molecule has 1 saturated heterocycles. The van der Waals surface area contributed by atoms with Crippen molar-refractivity contribution in [2.24, 2.45) is 17.4 Å². The Kier molecular flexibility index (Phi) is 12.7. The van der Waals surface area contributed by atoms with Gasteiger partial charge < -0.3 is 26.4 Å². The Morgan fingerprint density at radius 3 is 2.20 bits per heavy atom. The molecule has 2 aliphatic rings. The van der Waals surface area contributed by atoms with Gasteiger partial charge in [0.2, 0.25) is 11.8 Å². The van der Waals surface area contributed by atoms with Gasteiger partial charge in [-0.25, -0.2) is 4.39 Å². The summed E-state index contributed by atoms with van der Waals surface area (Å²) in [5.41, 5.74) is 10.9. The molecule has 2 aromatic rings. The number of carbonyl (C=O) groups is 3. The first-order chi connectivity index (χ1) is 19.3. The van der Waals surface area contributed by atoms with E-state index < -0.39 is 11.8 Å². The zero-order valence-electron chi connectivity index (χ0n) is 23.1. The van der Waals surface area contributed by atoms with Crippen LogP contribution in [0.25, 0.3) is 0 Å². The van der Waals surface area contributed by atoms with E-state index in [1.54, 1.807) is 24.3 Å². The van der Waals surface area contributed by atoms with Crippen LogP contribution in [-0.2, 0) is 14.4 Å². The first-order valence-corrected chi connectivity index (χ1v) is 14.0. The minimum Gasteiger partial charge on any atom is -0.484 e. The molecule has 40 heavy (non-hydrogen) atoms. The molecule has 1 heterocycles. The van der Waals surface area contributed by atoms with E-state index >= 15 is 0 Å². The van der Waals surface area contributed by atoms with Crippen LogP contribution in [0, 0.1) is 11.7 Å². The number of carbonyl (C=O) groups excluding carboxylic acids is 3. The summed E-state index contributed by atoms with van der Waals surface area (Å²) >= 11 is 0. The van der Waals surface area contributed by atoms with E-state index in [0.29, 0.717) is 5.75 Å². The molecule has 1 saturated carbocycles. The summed E-state index contributed by atoms with van der Waals surface area (Å²) in [7, 11) is 0. The van der Waals surface area contributed by atoms with E-state index in [1.165, 1.54) is 12.5 Å². The number of hydrogen-bond acceptors (Lipinski definition) is 6. The number of nitrogens with zero attached hydrogens (tertiary/aromatic N) is 2. The monoisotopic (exact) mass is 555 g/mol. The van der Waals surface area contributed by atoms with Gasteiger partial charge in [0.05, 0.1) is 0 Å². The van der Waals surface area contributed by atoms with Gasteiger partial charge in [0, 0.05) is 50.7 Å². The Morgan fingerprint density at radius 2 is 1.57 bits per heavy atom. The number of primary amides is 2. The number of nitrogens with one attached hydrogen (secondary N) is 1. The molecule has 1 aliphatic carbocycles. The minimum absolute atomic E-state index is 0.0655. The molecule has 218 valence electrons. The predicted molar refractivity (Wildman–Crippen MR) is 153 cm³/mol. The maximum atomic E-state index is 13.4. The number of hydrogen-bond donors (Lipinski definition) is 3. The summed E-state index contributed by atoms with van der Waals surface area (Å²) in [6.07, 6.45) is 5.82. The average Bonchev–Trinajstić information content (AvgIpc) is 2.96. The van der Waals surface area contributed by atoms with Crippen LogP contribution in [0.4, 0.5) is 10.1 Å². The SMILES string of the molecule is NC(=O)CCC(=O)NC1CCC(CCN2CCN(c3cccc(F)c3)CC2)CC1.NC(=O)COc1ccccc1. The fraction of sp³-hybridized carbons (Fsp3) is 0.500. The lowest BCUT2D eigenvalue weighted by molar-refractivity contribution is -0.125. The molecule has 0 bridgehead atoms. The smallest absolute Gasteiger partial charge is 0.255 e. The number of halogens is 1. The number of rotatable bonds is 11. The number of para-hydroxylation sites is 1. The lowest BCUT2D eigenvalue weighted by Gasteiger charge is -2.37. The van der Waals surface area contributed by atoms with Crippen LogP contribution in [0.2, 0.25) is 0 Å². The van der Waals surface area contributed by atoms with E-state index in [1.807, 2.05) is 24.3 Å². The molecule has 1 aliphatic heterocycles. The lowest BCUT2D eigenvalue weighted by Crippen LogP contribution is -2.47. The summed E-state index contributed by atoms with van der Waals surface area (Å²) in [4.78, 5) is 37.6. The highest BCUT2D eigenvalue weighted by Gasteiger charge is 2.24. The van der Waals surface area contributed by atoms with Crippen LogP contribution in [0.5, 0.6) is 5.75 Å². The molecular formula is C30H42FN5O4. The minimum atomic E-state index is -0.464. The third-order valence-electron chi connectivity index (χ3n) is 7.33. The van der Waals surface area contributed by atoms with Crippen molar-refractivity contribution in [1.82, 2.24) is 10.2 Å². The second-order valence-electron chi connectivity index (χ2n) is 10.4. The maximum Gasteiger partial charge on any atom is 0.255 e. The summed E-state index contributed by atoms with van der Waals surface area (Å²) in [6, 6.07) is 16.1. The van der Waals surface area contributed by atoms with Crippen LogP contribution < -0.4 is 26.4 Å². The normalized spacial score (nSPS) is 19.2. The Bertz CT molecular complexity index is 1070. The van der Waals surface area contributed by atoms with E-state index in [4.69, 9.17) is 16.2 Å². The van der Waals surface area contributed by atoms with Gasteiger partial charge in [-0.2, -0.15) is 0 Å². The van der Waals surface area contributed by atoms with Gasteiger partial charge in [0.15, 0.2) is 6.61 Å². The molecule has 10 heteroatoms. The molecule has 0 aromatic heterocycles. The van der Waals surface area contributed by atoms with Crippen molar-refractivity contribution in [3.63, 3.8) is 0 Å². The van der Waals surface area contributed by atoms with Crippen LogP contribution in [0.15, 0.2) is 54.6 Å². The van der Waals surface area contributed by atoms with Crippen LogP contribution in [0.1, 0.15) is 44.9 Å². The quantitative estimate of drug-likeness (QED) is 0.391. The van der Waals surface area contributed by atoms with E-state index in [2.05, 4.69) is 15.1 Å². The van der Waals surface area contributed by atoms with Gasteiger partial charge in [-0.15, -0.1) is 0 Å². The average molecular weight is 556 g/mol. The molecule has 0 atom stereocenters. The van der Waals surface area contributed by atoms with Gasteiger partial charge >= 0.3 is 0 Å². The Labute approximate surface area is 236 Å². The highest BCUT2D eigenvalue weighted by molar-refractivity contribution is 5.82. The van der Waals surface area contributed by atoms with Crippen molar-refractivity contribution in [3.8, 4) is 5.75 Å². The van der Waals surface area contributed by atoms with Gasteiger partial charge in [0.25, 0.3) is 5.91 Å². The fourth-order valence-electron chi connectivity index (χ4n) is 5.07. The summed E-state index contributed by atoms with van der Waals surface area (Å²) in [6.45, 7) is 4.95. The number of ether oxygens (including phenoxy) is 1. The number of piperazine rings is 1. The number of benzene rings is 2.